The van der Waals surface area contributed by atoms with Gasteiger partial charge in [0.25, 0.3) is 0 Å². The second kappa shape index (κ2) is 2.93. The molecule has 1 aliphatic rings. The molecular formula is C7H14O5. The molecule has 4 N–H and O–H groups in total. The molecule has 0 aromatic heterocycles. The van der Waals surface area contributed by atoms with E-state index in [1.165, 1.54) is 13.8 Å². The zero-order valence-corrected chi connectivity index (χ0v) is 7.01. The van der Waals surface area contributed by atoms with Crippen molar-refractivity contribution in [3.8, 4) is 0 Å². The molecule has 12 heavy (non-hydrogen) atoms. The third-order valence-electron chi connectivity index (χ3n) is 2.27. The van der Waals surface area contributed by atoms with E-state index in [9.17, 15) is 15.3 Å². The maximum atomic E-state index is 9.51. The summed E-state index contributed by atoms with van der Waals surface area (Å²) in [6.45, 7) is 2.76. The number of ether oxygens (including phenoxy) is 1. The van der Waals surface area contributed by atoms with Crippen LogP contribution in [0.15, 0.2) is 0 Å². The molecule has 1 fully saturated rings. The topological polar surface area (TPSA) is 90.2 Å². The zero-order valence-electron chi connectivity index (χ0n) is 7.01. The van der Waals surface area contributed by atoms with Crippen molar-refractivity contribution in [3.05, 3.63) is 0 Å². The van der Waals surface area contributed by atoms with Gasteiger partial charge in [0.15, 0.2) is 6.29 Å². The van der Waals surface area contributed by atoms with Crippen LogP contribution in [0.4, 0.5) is 0 Å². The Bertz CT molecular complexity index is 153. The first-order chi connectivity index (χ1) is 5.37. The summed E-state index contributed by atoms with van der Waals surface area (Å²) < 4.78 is 4.74. The van der Waals surface area contributed by atoms with E-state index >= 15 is 0 Å². The highest BCUT2D eigenvalue weighted by Gasteiger charge is 2.50. The lowest BCUT2D eigenvalue weighted by molar-refractivity contribution is -0.309. The lowest BCUT2D eigenvalue weighted by Crippen LogP contribution is -2.64. The van der Waals surface area contributed by atoms with Crippen LogP contribution in [0, 0.1) is 0 Å². The van der Waals surface area contributed by atoms with E-state index in [-0.39, 0.29) is 0 Å². The predicted molar refractivity (Wildman–Crippen MR) is 39.2 cm³/mol. The number of hydrogen-bond donors (Lipinski definition) is 4. The van der Waals surface area contributed by atoms with E-state index in [1.54, 1.807) is 0 Å². The van der Waals surface area contributed by atoms with Crippen molar-refractivity contribution >= 4 is 0 Å². The highest BCUT2D eigenvalue weighted by Crippen LogP contribution is 2.28. The van der Waals surface area contributed by atoms with Gasteiger partial charge in [-0.3, -0.25) is 0 Å². The maximum absolute atomic E-state index is 9.51. The molecule has 0 aliphatic carbocycles. The predicted octanol–water partition coefficient (Wildman–Crippen LogP) is -1.80. The van der Waals surface area contributed by atoms with Crippen LogP contribution >= 0.6 is 0 Å². The standard InChI is InChI=1S/C7H14O5/c1-3-4(8)7(2,11)5(9)6(10)12-3/h3-6,8-11H,1-2H3/t3-,4+,5+,6?,7+/m1/s1. The van der Waals surface area contributed by atoms with Gasteiger partial charge in [-0.15, -0.1) is 0 Å². The second-order valence-electron chi connectivity index (χ2n) is 3.35. The van der Waals surface area contributed by atoms with E-state index in [4.69, 9.17) is 9.84 Å². The third kappa shape index (κ3) is 1.34. The Morgan fingerprint density at radius 2 is 1.67 bits per heavy atom. The minimum Gasteiger partial charge on any atom is -0.387 e. The van der Waals surface area contributed by atoms with Crippen LogP contribution in [0.2, 0.25) is 0 Å². The van der Waals surface area contributed by atoms with Gasteiger partial charge >= 0.3 is 0 Å². The Balaban J connectivity index is 2.82. The van der Waals surface area contributed by atoms with Gasteiger partial charge in [-0.1, -0.05) is 0 Å². The lowest BCUT2D eigenvalue weighted by Gasteiger charge is -2.43. The van der Waals surface area contributed by atoms with E-state index in [2.05, 4.69) is 0 Å². The van der Waals surface area contributed by atoms with Crippen molar-refractivity contribution in [1.82, 2.24) is 0 Å². The Morgan fingerprint density at radius 3 is 2.17 bits per heavy atom. The molecule has 0 amide bonds. The fourth-order valence-corrected chi connectivity index (χ4v) is 1.31. The Labute approximate surface area is 70.2 Å². The molecule has 0 saturated carbocycles. The SMILES string of the molecule is C[C@H]1OC(O)[C@H](O)[C@@](C)(O)[C@H]1O. The average molecular weight is 178 g/mol. The summed E-state index contributed by atoms with van der Waals surface area (Å²) in [5.74, 6) is 0. The smallest absolute Gasteiger partial charge is 0.184 e. The van der Waals surface area contributed by atoms with Crippen LogP contribution in [0.1, 0.15) is 13.8 Å². The zero-order chi connectivity index (χ0) is 9.52. The molecule has 5 atom stereocenters. The van der Waals surface area contributed by atoms with Gasteiger partial charge in [0, 0.05) is 0 Å². The van der Waals surface area contributed by atoms with Crippen LogP contribution in [0.3, 0.4) is 0 Å². The van der Waals surface area contributed by atoms with Gasteiger partial charge in [0.05, 0.1) is 6.10 Å². The second-order valence-corrected chi connectivity index (χ2v) is 3.35. The van der Waals surface area contributed by atoms with Gasteiger partial charge in [0.2, 0.25) is 0 Å². The Kier molecular flexibility index (Phi) is 2.42. The molecule has 1 aliphatic heterocycles. The van der Waals surface area contributed by atoms with Gasteiger partial charge in [-0.25, -0.2) is 0 Å². The molecule has 0 bridgehead atoms. The highest BCUT2D eigenvalue weighted by molar-refractivity contribution is 4.97. The molecule has 0 aromatic carbocycles. The van der Waals surface area contributed by atoms with Crippen LogP contribution in [0.5, 0.6) is 0 Å². The van der Waals surface area contributed by atoms with Crippen molar-refractivity contribution < 1.29 is 25.2 Å². The van der Waals surface area contributed by atoms with E-state index < -0.39 is 30.2 Å². The molecule has 5 heteroatoms. The molecule has 0 radical (unpaired) electrons. The molecule has 0 spiro atoms. The number of aliphatic hydroxyl groups excluding tert-OH is 3. The molecule has 1 rings (SSSR count). The summed E-state index contributed by atoms with van der Waals surface area (Å²) in [6.07, 6.45) is -4.82. The van der Waals surface area contributed by atoms with E-state index in [0.717, 1.165) is 0 Å². The van der Waals surface area contributed by atoms with Gasteiger partial charge in [-0.2, -0.15) is 0 Å². The maximum Gasteiger partial charge on any atom is 0.184 e. The minimum absolute atomic E-state index is 0.696. The van der Waals surface area contributed by atoms with Crippen molar-refractivity contribution in [2.24, 2.45) is 0 Å². The molecule has 72 valence electrons. The summed E-state index contributed by atoms with van der Waals surface area (Å²) in [5.41, 5.74) is -1.73. The molecule has 0 aromatic rings. The first-order valence-corrected chi connectivity index (χ1v) is 3.79. The molecule has 1 saturated heterocycles. The van der Waals surface area contributed by atoms with Gasteiger partial charge < -0.3 is 25.2 Å². The highest BCUT2D eigenvalue weighted by atomic mass is 16.6. The average Bonchev–Trinajstić information content (AvgIpc) is 1.99. The van der Waals surface area contributed by atoms with Crippen LogP contribution in [0.25, 0.3) is 0 Å². The van der Waals surface area contributed by atoms with Crippen molar-refractivity contribution in [2.75, 3.05) is 0 Å². The summed E-state index contributed by atoms with van der Waals surface area (Å²) in [4.78, 5) is 0. The molecule has 1 heterocycles. The fourth-order valence-electron chi connectivity index (χ4n) is 1.31. The van der Waals surface area contributed by atoms with Crippen LogP contribution in [-0.4, -0.2) is 50.6 Å². The summed E-state index contributed by atoms with van der Waals surface area (Å²) >= 11 is 0. The number of rotatable bonds is 0. The van der Waals surface area contributed by atoms with Gasteiger partial charge in [-0.05, 0) is 13.8 Å². The third-order valence-corrected chi connectivity index (χ3v) is 2.27. The van der Waals surface area contributed by atoms with Crippen molar-refractivity contribution in [3.63, 3.8) is 0 Å². The van der Waals surface area contributed by atoms with E-state index in [1.807, 2.05) is 0 Å². The Hall–Kier alpha value is -0.200. The summed E-state index contributed by atoms with van der Waals surface area (Å²) in [7, 11) is 0. The summed E-state index contributed by atoms with van der Waals surface area (Å²) in [6, 6.07) is 0. The van der Waals surface area contributed by atoms with Crippen LogP contribution < -0.4 is 0 Å². The first-order valence-electron chi connectivity index (χ1n) is 3.79. The number of hydrogen-bond acceptors (Lipinski definition) is 5. The first kappa shape index (κ1) is 9.88. The molecule has 5 nitrogen and oxygen atoms in total. The van der Waals surface area contributed by atoms with Gasteiger partial charge in [0.1, 0.15) is 17.8 Å². The monoisotopic (exact) mass is 178 g/mol. The quantitative estimate of drug-likeness (QED) is 0.351. The lowest BCUT2D eigenvalue weighted by atomic mass is 9.86. The fraction of sp³-hybridized carbons (Fsp3) is 1.00. The van der Waals surface area contributed by atoms with Crippen LogP contribution in [-0.2, 0) is 4.74 Å². The normalized spacial score (nSPS) is 55.5. The minimum atomic E-state index is -1.73. The number of aliphatic hydroxyl groups is 4. The molecule has 1 unspecified atom stereocenters. The molecular weight excluding hydrogens is 164 g/mol. The van der Waals surface area contributed by atoms with Crippen molar-refractivity contribution in [2.45, 2.75) is 44.1 Å². The largest absolute Gasteiger partial charge is 0.387 e. The van der Waals surface area contributed by atoms with E-state index in [0.29, 0.717) is 0 Å². The Morgan fingerprint density at radius 1 is 1.17 bits per heavy atom. The summed E-state index contributed by atoms with van der Waals surface area (Å²) in [5, 5.41) is 37.1. The van der Waals surface area contributed by atoms with Crippen molar-refractivity contribution in [1.29, 1.82) is 0 Å².